The standard InChI is InChI=1S/C30H31F2N3O5/c31-21-8-5-19(6-9-21)17-39-18-24-16-26(34-40-24)20-7-14-25-27(15-20)33-28(3-1-2-4-29(36)37)35(30(25)38)23-12-10-22(32)11-13-23/h5-6,8-12,14-16,20,23,29,36-37H,1-4,7,13,17-18H2. The van der Waals surface area contributed by atoms with E-state index < -0.39 is 6.29 Å². The lowest BCUT2D eigenvalue weighted by Crippen LogP contribution is -2.50. The van der Waals surface area contributed by atoms with Crippen LogP contribution in [0.2, 0.25) is 0 Å². The SMILES string of the molecule is O=c1c2c(nc(CCCCC(O)O)n1C1C=CC(F)=CC1)=CC(c1cc(COCc3ccc(F)cc3)on1)CC=2. The molecule has 2 aliphatic rings. The molecular weight excluding hydrogens is 520 g/mol. The lowest BCUT2D eigenvalue weighted by atomic mass is 9.96. The quantitative estimate of drug-likeness (QED) is 0.278. The molecule has 0 bridgehead atoms. The number of rotatable bonds is 11. The van der Waals surface area contributed by atoms with E-state index in [2.05, 4.69) is 5.16 Å². The average molecular weight is 552 g/mol. The van der Waals surface area contributed by atoms with Crippen LogP contribution in [0.3, 0.4) is 0 Å². The summed E-state index contributed by atoms with van der Waals surface area (Å²) in [4.78, 5) is 18.5. The van der Waals surface area contributed by atoms with Crippen molar-refractivity contribution in [3.05, 3.63) is 104 Å². The molecule has 0 spiro atoms. The Morgan fingerprint density at radius 1 is 1.10 bits per heavy atom. The van der Waals surface area contributed by atoms with E-state index in [-0.39, 0.29) is 42.2 Å². The zero-order valence-electron chi connectivity index (χ0n) is 21.9. The maximum absolute atomic E-state index is 13.6. The molecule has 2 aromatic heterocycles. The number of fused-ring (bicyclic) bond motifs is 1. The maximum Gasteiger partial charge on any atom is 0.261 e. The summed E-state index contributed by atoms with van der Waals surface area (Å²) in [5.74, 6) is 0.349. The van der Waals surface area contributed by atoms with Gasteiger partial charge in [0.2, 0.25) is 0 Å². The lowest BCUT2D eigenvalue weighted by Gasteiger charge is -2.22. The Hall–Kier alpha value is -3.73. The monoisotopic (exact) mass is 551 g/mol. The number of benzene rings is 1. The van der Waals surface area contributed by atoms with E-state index in [4.69, 9.17) is 14.2 Å². The van der Waals surface area contributed by atoms with Crippen LogP contribution in [0.25, 0.3) is 12.2 Å². The second kappa shape index (κ2) is 12.6. The minimum atomic E-state index is -1.38. The van der Waals surface area contributed by atoms with E-state index >= 15 is 0 Å². The number of aliphatic hydroxyl groups is 2. The molecule has 2 heterocycles. The van der Waals surface area contributed by atoms with Crippen molar-refractivity contribution < 1.29 is 28.3 Å². The Labute approximate surface area is 229 Å². The first-order chi connectivity index (χ1) is 19.4. The summed E-state index contributed by atoms with van der Waals surface area (Å²) < 4.78 is 39.5. The number of unbranched alkanes of at least 4 members (excludes halogenated alkanes) is 1. The maximum atomic E-state index is 13.6. The molecule has 210 valence electrons. The van der Waals surface area contributed by atoms with Gasteiger partial charge >= 0.3 is 0 Å². The molecule has 0 radical (unpaired) electrons. The van der Waals surface area contributed by atoms with Crippen molar-refractivity contribution in [1.29, 1.82) is 0 Å². The molecule has 0 fully saturated rings. The van der Waals surface area contributed by atoms with E-state index in [9.17, 15) is 23.8 Å². The van der Waals surface area contributed by atoms with Crippen LogP contribution >= 0.6 is 0 Å². The van der Waals surface area contributed by atoms with Crippen molar-refractivity contribution in [1.82, 2.24) is 14.7 Å². The van der Waals surface area contributed by atoms with Crippen molar-refractivity contribution in [2.75, 3.05) is 0 Å². The first-order valence-corrected chi connectivity index (χ1v) is 13.4. The molecule has 2 N–H and O–H groups in total. The molecule has 2 atom stereocenters. The number of hydrogen-bond donors (Lipinski definition) is 2. The highest BCUT2D eigenvalue weighted by molar-refractivity contribution is 5.45. The van der Waals surface area contributed by atoms with Crippen molar-refractivity contribution >= 4 is 12.2 Å². The molecule has 10 heteroatoms. The normalized spacial score (nSPS) is 18.3. The van der Waals surface area contributed by atoms with Gasteiger partial charge < -0.3 is 19.5 Å². The molecule has 3 aromatic rings. The number of hydrogen-bond acceptors (Lipinski definition) is 7. The van der Waals surface area contributed by atoms with Gasteiger partial charge in [-0.3, -0.25) is 9.36 Å². The van der Waals surface area contributed by atoms with Gasteiger partial charge in [-0.15, -0.1) is 0 Å². The lowest BCUT2D eigenvalue weighted by molar-refractivity contribution is -0.0465. The van der Waals surface area contributed by atoms with Crippen molar-refractivity contribution in [3.63, 3.8) is 0 Å². The summed E-state index contributed by atoms with van der Waals surface area (Å²) in [6, 6.07) is 7.57. The molecule has 1 aromatic carbocycles. The topological polar surface area (TPSA) is 111 Å². The second-order valence-corrected chi connectivity index (χ2v) is 10.0. The third kappa shape index (κ3) is 6.70. The fourth-order valence-electron chi connectivity index (χ4n) is 4.96. The summed E-state index contributed by atoms with van der Waals surface area (Å²) in [6.45, 7) is 0.513. The van der Waals surface area contributed by atoms with E-state index in [0.717, 1.165) is 5.56 Å². The van der Waals surface area contributed by atoms with Gasteiger partial charge in [-0.05, 0) is 68.0 Å². The molecule has 8 nitrogen and oxygen atoms in total. The highest BCUT2D eigenvalue weighted by Gasteiger charge is 2.22. The fraction of sp³-hybridized carbons (Fsp3) is 0.367. The van der Waals surface area contributed by atoms with Crippen LogP contribution in [0.1, 0.15) is 66.9 Å². The second-order valence-electron chi connectivity index (χ2n) is 10.0. The third-order valence-corrected chi connectivity index (χ3v) is 7.05. The van der Waals surface area contributed by atoms with Crippen LogP contribution < -0.4 is 16.1 Å². The van der Waals surface area contributed by atoms with Crippen LogP contribution in [0.4, 0.5) is 8.78 Å². The van der Waals surface area contributed by atoms with Crippen molar-refractivity contribution in [3.8, 4) is 0 Å². The zero-order valence-corrected chi connectivity index (χ0v) is 21.9. The molecule has 0 saturated heterocycles. The molecular formula is C30H31F2N3O5. The molecule has 2 aliphatic carbocycles. The Balaban J connectivity index is 1.35. The number of aryl methyl sites for hydroxylation is 1. The molecule has 5 rings (SSSR count). The zero-order chi connectivity index (χ0) is 28.1. The van der Waals surface area contributed by atoms with Crippen LogP contribution in [-0.4, -0.2) is 31.2 Å². The highest BCUT2D eigenvalue weighted by Crippen LogP contribution is 2.24. The molecule has 2 unspecified atom stereocenters. The van der Waals surface area contributed by atoms with E-state index in [1.807, 2.05) is 18.2 Å². The predicted molar refractivity (Wildman–Crippen MR) is 143 cm³/mol. The number of aliphatic hydroxyl groups excluding tert-OH is 1. The largest absolute Gasteiger partial charge is 0.369 e. The molecule has 40 heavy (non-hydrogen) atoms. The number of ether oxygens (including phenoxy) is 1. The Morgan fingerprint density at radius 3 is 2.67 bits per heavy atom. The highest BCUT2D eigenvalue weighted by atomic mass is 19.1. The molecule has 0 amide bonds. The summed E-state index contributed by atoms with van der Waals surface area (Å²) in [6.07, 6.45) is 9.65. The number of nitrogens with zero attached hydrogens (tertiary/aromatic N) is 3. The van der Waals surface area contributed by atoms with Crippen LogP contribution in [-0.2, 0) is 24.4 Å². The van der Waals surface area contributed by atoms with Gasteiger partial charge in [-0.2, -0.15) is 0 Å². The van der Waals surface area contributed by atoms with Gasteiger partial charge in [0.05, 0.1) is 28.9 Å². The summed E-state index contributed by atoms with van der Waals surface area (Å²) in [5, 5.41) is 23.6. The number of halogens is 2. The van der Waals surface area contributed by atoms with Gasteiger partial charge in [-0.25, -0.2) is 13.8 Å². The van der Waals surface area contributed by atoms with Crippen molar-refractivity contribution in [2.24, 2.45) is 0 Å². The van der Waals surface area contributed by atoms with Gasteiger partial charge in [0, 0.05) is 18.4 Å². The first kappa shape index (κ1) is 27.8. The smallest absolute Gasteiger partial charge is 0.261 e. The van der Waals surface area contributed by atoms with Crippen LogP contribution in [0.5, 0.6) is 0 Å². The summed E-state index contributed by atoms with van der Waals surface area (Å²) >= 11 is 0. The predicted octanol–water partition coefficient (Wildman–Crippen LogP) is 3.21. The van der Waals surface area contributed by atoms with E-state index in [0.29, 0.717) is 66.6 Å². The van der Waals surface area contributed by atoms with Gasteiger partial charge in [0.1, 0.15) is 24.1 Å². The van der Waals surface area contributed by atoms with Crippen molar-refractivity contribution in [2.45, 2.75) is 70.0 Å². The summed E-state index contributed by atoms with van der Waals surface area (Å²) in [5.41, 5.74) is 1.36. The Kier molecular flexibility index (Phi) is 8.78. The van der Waals surface area contributed by atoms with Gasteiger partial charge in [0.15, 0.2) is 12.1 Å². The fourth-order valence-corrected chi connectivity index (χ4v) is 4.96. The Bertz CT molecular complexity index is 1570. The van der Waals surface area contributed by atoms with E-state index in [1.54, 1.807) is 22.8 Å². The van der Waals surface area contributed by atoms with Crippen LogP contribution in [0.15, 0.2) is 63.7 Å². The third-order valence-electron chi connectivity index (χ3n) is 7.05. The van der Waals surface area contributed by atoms with Gasteiger partial charge in [0.25, 0.3) is 5.56 Å². The molecule has 0 saturated carbocycles. The Morgan fingerprint density at radius 2 is 1.93 bits per heavy atom. The number of aromatic nitrogens is 3. The van der Waals surface area contributed by atoms with Crippen LogP contribution in [0, 0.1) is 5.82 Å². The average Bonchev–Trinajstić information content (AvgIpc) is 3.42. The molecule has 0 aliphatic heterocycles. The minimum Gasteiger partial charge on any atom is -0.369 e. The number of allylic oxidation sites excluding steroid dienone is 4. The van der Waals surface area contributed by atoms with E-state index in [1.165, 1.54) is 24.3 Å². The minimum absolute atomic E-state index is 0.145. The first-order valence-electron chi connectivity index (χ1n) is 13.4. The summed E-state index contributed by atoms with van der Waals surface area (Å²) in [7, 11) is 0. The van der Waals surface area contributed by atoms with Gasteiger partial charge in [-0.1, -0.05) is 29.4 Å².